The predicted molar refractivity (Wildman–Crippen MR) is 84.9 cm³/mol. The van der Waals surface area contributed by atoms with Crippen LogP contribution >= 0.6 is 0 Å². The molecule has 8 nitrogen and oxygen atoms in total. The van der Waals surface area contributed by atoms with Gasteiger partial charge in [-0.3, -0.25) is 4.79 Å². The van der Waals surface area contributed by atoms with Crippen molar-refractivity contribution in [3.05, 3.63) is 29.8 Å². The Morgan fingerprint density at radius 1 is 1.17 bits per heavy atom. The second-order valence-electron chi connectivity index (χ2n) is 6.77. The van der Waals surface area contributed by atoms with Gasteiger partial charge in [-0.1, -0.05) is 6.92 Å². The predicted octanol–water partition coefficient (Wildman–Crippen LogP) is 0.406. The Hall–Kier alpha value is -2.13. The monoisotopic (exact) mass is 353 g/mol. The lowest BCUT2D eigenvalue weighted by Crippen LogP contribution is -2.37. The van der Waals surface area contributed by atoms with Crippen LogP contribution in [0.5, 0.6) is 0 Å². The van der Waals surface area contributed by atoms with Crippen LogP contribution in [-0.4, -0.2) is 61.5 Å². The van der Waals surface area contributed by atoms with E-state index in [1.807, 2.05) is 6.92 Å². The van der Waals surface area contributed by atoms with Crippen molar-refractivity contribution in [2.24, 2.45) is 16.5 Å². The van der Waals surface area contributed by atoms with Gasteiger partial charge in [-0.05, 0) is 24.3 Å². The lowest BCUT2D eigenvalue weighted by molar-refractivity contribution is 0.0762. The third-order valence-electron chi connectivity index (χ3n) is 4.96. The summed E-state index contributed by atoms with van der Waals surface area (Å²) < 4.78 is 22.5. The molecule has 2 heterocycles. The maximum Gasteiger partial charge on any atom is 0.407 e. The van der Waals surface area contributed by atoms with Gasteiger partial charge >= 0.3 is 6.09 Å². The second kappa shape index (κ2) is 5.45. The number of nitrogens with two attached hydrogens (primary N) is 1. The summed E-state index contributed by atoms with van der Waals surface area (Å²) in [5.74, 6) is -0.0743. The molecule has 2 amide bonds. The molecule has 0 aromatic heterocycles. The third-order valence-corrected chi connectivity index (χ3v) is 5.89. The molecule has 0 radical (unpaired) electrons. The Morgan fingerprint density at radius 3 is 2.21 bits per heavy atom. The maximum atomic E-state index is 12.6. The first-order valence-electron chi connectivity index (χ1n) is 7.50. The van der Waals surface area contributed by atoms with Crippen LogP contribution in [0.3, 0.4) is 0 Å². The molecule has 0 bridgehead atoms. The minimum absolute atomic E-state index is 0.0404. The van der Waals surface area contributed by atoms with Gasteiger partial charge in [0.15, 0.2) is 0 Å². The highest BCUT2D eigenvalue weighted by Gasteiger charge is 2.51. The summed E-state index contributed by atoms with van der Waals surface area (Å²) in [6, 6.07) is 5.52. The number of carboxylic acid groups (broad SMARTS) is 1. The quantitative estimate of drug-likeness (QED) is 0.797. The highest BCUT2D eigenvalue weighted by Crippen LogP contribution is 2.42. The fraction of sp³-hybridized carbons (Fsp3) is 0.467. The Bertz CT molecular complexity index is 792. The molecule has 1 aromatic carbocycles. The lowest BCUT2D eigenvalue weighted by Gasteiger charge is -2.24. The molecule has 0 aliphatic carbocycles. The first kappa shape index (κ1) is 16.7. The van der Waals surface area contributed by atoms with Gasteiger partial charge in [0.2, 0.25) is 10.0 Å². The third kappa shape index (κ3) is 2.84. The van der Waals surface area contributed by atoms with E-state index in [1.54, 1.807) is 4.90 Å². The average molecular weight is 353 g/mol. The zero-order valence-corrected chi connectivity index (χ0v) is 14.0. The van der Waals surface area contributed by atoms with E-state index in [2.05, 4.69) is 0 Å². The molecule has 2 aliphatic rings. The second-order valence-corrected chi connectivity index (χ2v) is 8.33. The SMILES string of the molecule is C[C@@]12CN(C(=O)O)C[C@H]1CN(C(=O)c1ccc(S(N)(=O)=O)cc1)C2. The maximum absolute atomic E-state index is 12.6. The van der Waals surface area contributed by atoms with Gasteiger partial charge in [0.1, 0.15) is 0 Å². The van der Waals surface area contributed by atoms with Gasteiger partial charge in [0.05, 0.1) is 4.90 Å². The molecule has 0 saturated carbocycles. The number of amides is 2. The molecule has 3 N–H and O–H groups in total. The normalized spacial score (nSPS) is 26.5. The van der Waals surface area contributed by atoms with E-state index in [1.165, 1.54) is 29.2 Å². The lowest BCUT2D eigenvalue weighted by atomic mass is 9.83. The molecule has 0 spiro atoms. The number of carbonyl (C=O) groups excluding carboxylic acids is 1. The smallest absolute Gasteiger partial charge is 0.407 e. The molecule has 9 heteroatoms. The Morgan fingerprint density at radius 2 is 1.71 bits per heavy atom. The fourth-order valence-electron chi connectivity index (χ4n) is 3.61. The summed E-state index contributed by atoms with van der Waals surface area (Å²) >= 11 is 0. The molecule has 24 heavy (non-hydrogen) atoms. The number of sulfonamides is 1. The molecule has 2 atom stereocenters. The largest absolute Gasteiger partial charge is 0.465 e. The summed E-state index contributed by atoms with van der Waals surface area (Å²) in [5, 5.41) is 14.2. The summed E-state index contributed by atoms with van der Waals surface area (Å²) in [6.45, 7) is 3.83. The number of hydrogen-bond acceptors (Lipinski definition) is 4. The van der Waals surface area contributed by atoms with Crippen molar-refractivity contribution < 1.29 is 23.1 Å². The van der Waals surface area contributed by atoms with Gasteiger partial charge < -0.3 is 14.9 Å². The van der Waals surface area contributed by atoms with E-state index >= 15 is 0 Å². The molecule has 2 saturated heterocycles. The topological polar surface area (TPSA) is 121 Å². The van der Waals surface area contributed by atoms with Gasteiger partial charge in [-0.15, -0.1) is 0 Å². The molecular formula is C15H19N3O5S. The van der Waals surface area contributed by atoms with Gasteiger partial charge in [-0.2, -0.15) is 0 Å². The van der Waals surface area contributed by atoms with E-state index in [9.17, 15) is 18.0 Å². The first-order chi connectivity index (χ1) is 11.1. The highest BCUT2D eigenvalue weighted by atomic mass is 32.2. The zero-order chi connectivity index (χ0) is 17.7. The molecular weight excluding hydrogens is 334 g/mol. The van der Waals surface area contributed by atoms with Crippen LogP contribution in [0, 0.1) is 11.3 Å². The average Bonchev–Trinajstić information content (AvgIpc) is 2.97. The number of hydrogen-bond donors (Lipinski definition) is 2. The van der Waals surface area contributed by atoms with Crippen molar-refractivity contribution >= 4 is 22.0 Å². The minimum Gasteiger partial charge on any atom is -0.465 e. The van der Waals surface area contributed by atoms with Crippen LogP contribution in [0.15, 0.2) is 29.2 Å². The summed E-state index contributed by atoms with van der Waals surface area (Å²) in [4.78, 5) is 26.8. The number of carbonyl (C=O) groups is 2. The van der Waals surface area contributed by atoms with E-state index < -0.39 is 16.1 Å². The standard InChI is InChI=1S/C15H19N3O5S/c1-15-8-17(6-11(15)7-18(9-15)14(20)21)13(19)10-2-4-12(5-3-10)24(16,22)23/h2-5,11H,6-9H2,1H3,(H,20,21)(H2,16,22,23)/t11-,15-/m1/s1. The number of nitrogens with zero attached hydrogens (tertiary/aromatic N) is 2. The zero-order valence-electron chi connectivity index (χ0n) is 13.2. The summed E-state index contributed by atoms with van der Waals surface area (Å²) in [7, 11) is -3.79. The van der Waals surface area contributed by atoms with E-state index in [0.29, 0.717) is 31.7 Å². The molecule has 130 valence electrons. The first-order valence-corrected chi connectivity index (χ1v) is 9.05. The van der Waals surface area contributed by atoms with Gasteiger partial charge in [0.25, 0.3) is 5.91 Å². The van der Waals surface area contributed by atoms with Crippen molar-refractivity contribution in [1.82, 2.24) is 9.80 Å². The number of primary sulfonamides is 1. The molecule has 3 rings (SSSR count). The minimum atomic E-state index is -3.79. The molecule has 2 fully saturated rings. The van der Waals surface area contributed by atoms with E-state index in [0.717, 1.165) is 0 Å². The van der Waals surface area contributed by atoms with Gasteiger partial charge in [-0.25, -0.2) is 18.4 Å². The Balaban J connectivity index is 1.73. The van der Waals surface area contributed by atoms with Crippen LogP contribution in [0.25, 0.3) is 0 Å². The summed E-state index contributed by atoms with van der Waals surface area (Å²) in [5.41, 5.74) is 0.148. The van der Waals surface area contributed by atoms with Crippen molar-refractivity contribution in [2.45, 2.75) is 11.8 Å². The van der Waals surface area contributed by atoms with Crippen molar-refractivity contribution in [1.29, 1.82) is 0 Å². The number of likely N-dealkylation sites (tertiary alicyclic amines) is 2. The molecule has 2 aliphatic heterocycles. The number of fused-ring (bicyclic) bond motifs is 1. The number of rotatable bonds is 2. The Kier molecular flexibility index (Phi) is 3.80. The van der Waals surface area contributed by atoms with Crippen LogP contribution in [0.1, 0.15) is 17.3 Å². The van der Waals surface area contributed by atoms with Crippen LogP contribution in [0.2, 0.25) is 0 Å². The van der Waals surface area contributed by atoms with E-state index in [-0.39, 0.29) is 22.1 Å². The van der Waals surface area contributed by atoms with Crippen molar-refractivity contribution in [3.8, 4) is 0 Å². The van der Waals surface area contributed by atoms with E-state index in [4.69, 9.17) is 10.2 Å². The molecule has 0 unspecified atom stereocenters. The summed E-state index contributed by atoms with van der Waals surface area (Å²) in [6.07, 6.45) is -0.929. The fourth-order valence-corrected chi connectivity index (χ4v) is 4.13. The number of benzene rings is 1. The van der Waals surface area contributed by atoms with Crippen molar-refractivity contribution in [2.75, 3.05) is 26.2 Å². The highest BCUT2D eigenvalue weighted by molar-refractivity contribution is 7.89. The van der Waals surface area contributed by atoms with Crippen LogP contribution < -0.4 is 5.14 Å². The Labute approximate surface area is 139 Å². The van der Waals surface area contributed by atoms with Crippen LogP contribution in [-0.2, 0) is 10.0 Å². The van der Waals surface area contributed by atoms with Gasteiger partial charge in [0, 0.05) is 43.1 Å². The molecule has 1 aromatic rings. The van der Waals surface area contributed by atoms with Crippen LogP contribution in [0.4, 0.5) is 4.79 Å². The van der Waals surface area contributed by atoms with Crippen molar-refractivity contribution in [3.63, 3.8) is 0 Å².